The SMILES string of the molecule is CCCCCCCCCCCC(=O)Oc1cc(S(=O)(=O)Cl)ccc1NC(C)=O. The first-order valence-electron chi connectivity index (χ1n) is 9.81. The zero-order valence-corrected chi connectivity index (χ0v) is 18.2. The number of carbonyl (C=O) groups is 2. The van der Waals surface area contributed by atoms with Gasteiger partial charge in [-0.1, -0.05) is 58.3 Å². The van der Waals surface area contributed by atoms with Crippen molar-refractivity contribution in [1.29, 1.82) is 0 Å². The van der Waals surface area contributed by atoms with Gasteiger partial charge in [-0.15, -0.1) is 0 Å². The molecular weight excluding hydrogens is 402 g/mol. The van der Waals surface area contributed by atoms with Crippen LogP contribution in [0.1, 0.15) is 78.1 Å². The maximum Gasteiger partial charge on any atom is 0.311 e. The van der Waals surface area contributed by atoms with Crippen LogP contribution in [0.15, 0.2) is 23.1 Å². The van der Waals surface area contributed by atoms with Crippen LogP contribution in [0.2, 0.25) is 0 Å². The molecule has 0 aliphatic heterocycles. The molecule has 8 heteroatoms. The molecule has 0 spiro atoms. The van der Waals surface area contributed by atoms with E-state index in [1.54, 1.807) is 0 Å². The second kappa shape index (κ2) is 12.8. The molecule has 1 amide bonds. The molecule has 0 saturated heterocycles. The number of anilines is 1. The number of rotatable bonds is 13. The Bertz CT molecular complexity index is 749. The van der Waals surface area contributed by atoms with E-state index in [0.29, 0.717) is 6.42 Å². The lowest BCUT2D eigenvalue weighted by Gasteiger charge is -2.11. The van der Waals surface area contributed by atoms with Crippen LogP contribution in [0.5, 0.6) is 5.75 Å². The third-order valence-corrected chi connectivity index (χ3v) is 5.61. The standard InChI is InChI=1S/C20H30ClNO5S/c1-3-4-5-6-7-8-9-10-11-12-20(24)27-19-15-17(28(21,25)26)13-14-18(19)22-16(2)23/h13-15H,3-12H2,1-2H3,(H,22,23). The van der Waals surface area contributed by atoms with Crippen molar-refractivity contribution < 1.29 is 22.7 Å². The van der Waals surface area contributed by atoms with Gasteiger partial charge in [0.2, 0.25) is 5.91 Å². The molecule has 1 rings (SSSR count). The van der Waals surface area contributed by atoms with E-state index in [1.807, 2.05) is 0 Å². The first-order chi connectivity index (χ1) is 13.2. The van der Waals surface area contributed by atoms with Crippen LogP contribution in [0.4, 0.5) is 5.69 Å². The molecule has 28 heavy (non-hydrogen) atoms. The van der Waals surface area contributed by atoms with Crippen LogP contribution in [0.25, 0.3) is 0 Å². The number of halogens is 1. The molecule has 0 heterocycles. The first-order valence-corrected chi connectivity index (χ1v) is 12.1. The number of hydrogen-bond acceptors (Lipinski definition) is 5. The Kier molecular flexibility index (Phi) is 11.2. The van der Waals surface area contributed by atoms with E-state index >= 15 is 0 Å². The monoisotopic (exact) mass is 431 g/mol. The maximum atomic E-state index is 12.1. The van der Waals surface area contributed by atoms with E-state index < -0.39 is 15.0 Å². The predicted molar refractivity (Wildman–Crippen MR) is 111 cm³/mol. The van der Waals surface area contributed by atoms with Gasteiger partial charge in [0.15, 0.2) is 5.75 Å². The Hall–Kier alpha value is -1.60. The number of benzene rings is 1. The van der Waals surface area contributed by atoms with Crippen molar-refractivity contribution in [2.45, 2.75) is 83.0 Å². The summed E-state index contributed by atoms with van der Waals surface area (Å²) < 4.78 is 28.3. The van der Waals surface area contributed by atoms with Crippen LogP contribution in [-0.4, -0.2) is 20.3 Å². The largest absolute Gasteiger partial charge is 0.424 e. The van der Waals surface area contributed by atoms with E-state index in [-0.39, 0.29) is 28.7 Å². The number of nitrogens with one attached hydrogen (secondary N) is 1. The Balaban J connectivity index is 2.50. The zero-order valence-electron chi connectivity index (χ0n) is 16.6. The molecule has 0 radical (unpaired) electrons. The molecule has 1 N–H and O–H groups in total. The van der Waals surface area contributed by atoms with E-state index in [1.165, 1.54) is 57.6 Å². The highest BCUT2D eigenvalue weighted by atomic mass is 35.7. The van der Waals surface area contributed by atoms with Gasteiger partial charge < -0.3 is 10.1 Å². The highest BCUT2D eigenvalue weighted by Crippen LogP contribution is 2.30. The van der Waals surface area contributed by atoms with Gasteiger partial charge in [-0.2, -0.15) is 0 Å². The van der Waals surface area contributed by atoms with Crippen LogP contribution in [0.3, 0.4) is 0 Å². The van der Waals surface area contributed by atoms with Crippen molar-refractivity contribution in [3.05, 3.63) is 18.2 Å². The fourth-order valence-electron chi connectivity index (χ4n) is 2.79. The summed E-state index contributed by atoms with van der Waals surface area (Å²) in [5, 5.41) is 2.51. The lowest BCUT2D eigenvalue weighted by molar-refractivity contribution is -0.134. The van der Waals surface area contributed by atoms with Crippen molar-refractivity contribution in [1.82, 2.24) is 0 Å². The van der Waals surface area contributed by atoms with Gasteiger partial charge in [0.25, 0.3) is 9.05 Å². The minimum Gasteiger partial charge on any atom is -0.424 e. The number of hydrogen-bond donors (Lipinski definition) is 1. The lowest BCUT2D eigenvalue weighted by Crippen LogP contribution is -2.12. The van der Waals surface area contributed by atoms with Crippen LogP contribution < -0.4 is 10.1 Å². The van der Waals surface area contributed by atoms with Crippen LogP contribution in [0, 0.1) is 0 Å². The normalized spacial score (nSPS) is 11.2. The molecule has 0 aliphatic carbocycles. The molecule has 0 aliphatic rings. The van der Waals surface area contributed by atoms with Crippen LogP contribution >= 0.6 is 10.7 Å². The Morgan fingerprint density at radius 1 is 1.00 bits per heavy atom. The summed E-state index contributed by atoms with van der Waals surface area (Å²) in [7, 11) is 1.37. The van der Waals surface area contributed by atoms with E-state index in [2.05, 4.69) is 12.2 Å². The summed E-state index contributed by atoms with van der Waals surface area (Å²) in [6, 6.07) is 3.73. The summed E-state index contributed by atoms with van der Waals surface area (Å²) in [6.07, 6.45) is 10.4. The lowest BCUT2D eigenvalue weighted by atomic mass is 10.1. The van der Waals surface area contributed by atoms with E-state index in [4.69, 9.17) is 15.4 Å². The summed E-state index contributed by atoms with van der Waals surface area (Å²) in [5.74, 6) is -0.866. The highest BCUT2D eigenvalue weighted by molar-refractivity contribution is 8.13. The zero-order chi connectivity index (χ0) is 21.0. The van der Waals surface area contributed by atoms with Crippen molar-refractivity contribution >= 4 is 37.3 Å². The number of ether oxygens (including phenoxy) is 1. The van der Waals surface area contributed by atoms with Crippen molar-refractivity contribution in [2.24, 2.45) is 0 Å². The maximum absolute atomic E-state index is 12.1. The minimum atomic E-state index is -3.97. The second-order valence-electron chi connectivity index (χ2n) is 6.83. The second-order valence-corrected chi connectivity index (χ2v) is 9.40. The smallest absolute Gasteiger partial charge is 0.311 e. The molecule has 0 bridgehead atoms. The first kappa shape index (κ1) is 24.4. The molecule has 0 unspecified atom stereocenters. The predicted octanol–water partition coefficient (Wildman–Crippen LogP) is 5.40. The number of carbonyl (C=O) groups excluding carboxylic acids is 2. The summed E-state index contributed by atoms with van der Waals surface area (Å²) in [6.45, 7) is 3.50. The van der Waals surface area contributed by atoms with Crippen molar-refractivity contribution in [3.63, 3.8) is 0 Å². The van der Waals surface area contributed by atoms with Crippen molar-refractivity contribution in [3.8, 4) is 5.75 Å². The summed E-state index contributed by atoms with van der Waals surface area (Å²) in [5.41, 5.74) is 0.219. The molecule has 1 aromatic carbocycles. The number of amides is 1. The highest BCUT2D eigenvalue weighted by Gasteiger charge is 2.17. The minimum absolute atomic E-state index is 0.0298. The number of esters is 1. The molecule has 158 valence electrons. The van der Waals surface area contributed by atoms with E-state index in [0.717, 1.165) is 18.9 Å². The summed E-state index contributed by atoms with van der Waals surface area (Å²) >= 11 is 0. The van der Waals surface area contributed by atoms with Gasteiger partial charge in [0, 0.05) is 30.1 Å². The summed E-state index contributed by atoms with van der Waals surface area (Å²) in [4.78, 5) is 23.2. The Morgan fingerprint density at radius 2 is 1.57 bits per heavy atom. The van der Waals surface area contributed by atoms with E-state index in [9.17, 15) is 18.0 Å². The van der Waals surface area contributed by atoms with Gasteiger partial charge in [-0.05, 0) is 18.6 Å². The van der Waals surface area contributed by atoms with Gasteiger partial charge in [-0.25, -0.2) is 8.42 Å². The van der Waals surface area contributed by atoms with Gasteiger partial charge in [0.05, 0.1) is 10.6 Å². The Labute approximate surface area is 172 Å². The quantitative estimate of drug-likeness (QED) is 0.195. The average Bonchev–Trinajstić information content (AvgIpc) is 2.60. The van der Waals surface area contributed by atoms with Gasteiger partial charge >= 0.3 is 5.97 Å². The molecular formula is C20H30ClNO5S. The fourth-order valence-corrected chi connectivity index (χ4v) is 3.55. The third-order valence-electron chi connectivity index (χ3n) is 4.25. The molecule has 0 aromatic heterocycles. The van der Waals surface area contributed by atoms with Crippen molar-refractivity contribution in [2.75, 3.05) is 5.32 Å². The fraction of sp³-hybridized carbons (Fsp3) is 0.600. The molecule has 1 aromatic rings. The number of unbranched alkanes of at least 4 members (excludes halogenated alkanes) is 8. The Morgan fingerprint density at radius 3 is 2.11 bits per heavy atom. The molecule has 6 nitrogen and oxygen atoms in total. The average molecular weight is 432 g/mol. The molecule has 0 fully saturated rings. The molecule has 0 saturated carbocycles. The molecule has 0 atom stereocenters. The topological polar surface area (TPSA) is 89.5 Å². The van der Waals surface area contributed by atoms with Gasteiger partial charge in [0.1, 0.15) is 0 Å². The van der Waals surface area contributed by atoms with Gasteiger partial charge in [-0.3, -0.25) is 9.59 Å². The third kappa shape index (κ3) is 10.1. The van der Waals surface area contributed by atoms with Crippen LogP contribution in [-0.2, 0) is 18.6 Å².